The lowest BCUT2D eigenvalue weighted by molar-refractivity contribution is -0.115. The largest absolute Gasteiger partial charge is 0.478 e. The molecule has 0 aromatic heterocycles. The minimum absolute atomic E-state index is 0.101. The molecule has 0 fully saturated rings. The molecule has 1 aromatic rings. The summed E-state index contributed by atoms with van der Waals surface area (Å²) < 4.78 is 0. The monoisotopic (exact) mass is 264 g/mol. The average molecular weight is 264 g/mol. The highest BCUT2D eigenvalue weighted by Gasteiger charge is 2.15. The van der Waals surface area contributed by atoms with Gasteiger partial charge >= 0.3 is 5.97 Å². The number of carboxylic acids is 1. The van der Waals surface area contributed by atoms with Crippen molar-refractivity contribution in [3.63, 3.8) is 0 Å². The molecule has 0 spiro atoms. The van der Waals surface area contributed by atoms with Crippen molar-refractivity contribution in [2.45, 2.75) is 33.2 Å². The van der Waals surface area contributed by atoms with Gasteiger partial charge in [0.25, 0.3) is 0 Å². The second kappa shape index (κ2) is 5.84. The van der Waals surface area contributed by atoms with Gasteiger partial charge in [0.1, 0.15) is 0 Å². The van der Waals surface area contributed by atoms with Crippen LogP contribution in [-0.2, 0) is 4.79 Å². The van der Waals surface area contributed by atoms with E-state index in [2.05, 4.69) is 10.6 Å². The number of nitrogens with one attached hydrogen (secondary N) is 2. The minimum atomic E-state index is -1.05. The second-order valence-corrected chi connectivity index (χ2v) is 5.51. The number of benzene rings is 1. The first-order valence-corrected chi connectivity index (χ1v) is 6.08. The van der Waals surface area contributed by atoms with Crippen LogP contribution in [0.4, 0.5) is 5.69 Å². The highest BCUT2D eigenvalue weighted by atomic mass is 16.4. The molecular weight excluding hydrogens is 244 g/mol. The Kier molecular flexibility index (Phi) is 4.67. The van der Waals surface area contributed by atoms with Crippen LogP contribution >= 0.6 is 0 Å². The van der Waals surface area contributed by atoms with Gasteiger partial charge in [0, 0.05) is 5.54 Å². The first-order chi connectivity index (χ1) is 8.69. The fourth-order valence-corrected chi connectivity index (χ4v) is 1.48. The average Bonchev–Trinajstić information content (AvgIpc) is 2.28. The summed E-state index contributed by atoms with van der Waals surface area (Å²) in [6.07, 6.45) is 0. The number of amides is 1. The third-order valence-corrected chi connectivity index (χ3v) is 2.46. The van der Waals surface area contributed by atoms with Gasteiger partial charge in [0.05, 0.1) is 17.8 Å². The highest BCUT2D eigenvalue weighted by Crippen LogP contribution is 2.17. The molecular formula is C14H20N2O3. The van der Waals surface area contributed by atoms with E-state index in [-0.39, 0.29) is 23.6 Å². The molecule has 5 nitrogen and oxygen atoms in total. The van der Waals surface area contributed by atoms with Crippen LogP contribution in [0.25, 0.3) is 0 Å². The van der Waals surface area contributed by atoms with Crippen LogP contribution in [0.3, 0.4) is 0 Å². The van der Waals surface area contributed by atoms with Crippen molar-refractivity contribution >= 4 is 17.6 Å². The van der Waals surface area contributed by atoms with Crippen molar-refractivity contribution in [1.82, 2.24) is 5.32 Å². The Bertz CT molecular complexity index is 490. The lowest BCUT2D eigenvalue weighted by Crippen LogP contribution is -2.41. The molecule has 0 aliphatic heterocycles. The van der Waals surface area contributed by atoms with E-state index in [1.54, 1.807) is 19.1 Å². The van der Waals surface area contributed by atoms with Gasteiger partial charge < -0.3 is 15.7 Å². The molecule has 0 radical (unpaired) electrons. The van der Waals surface area contributed by atoms with E-state index < -0.39 is 5.97 Å². The van der Waals surface area contributed by atoms with Crippen molar-refractivity contribution in [3.05, 3.63) is 29.3 Å². The molecule has 0 heterocycles. The van der Waals surface area contributed by atoms with Gasteiger partial charge in [-0.05, 0) is 39.8 Å². The number of rotatable bonds is 4. The minimum Gasteiger partial charge on any atom is -0.478 e. The van der Waals surface area contributed by atoms with Crippen molar-refractivity contribution in [3.8, 4) is 0 Å². The Labute approximate surface area is 113 Å². The summed E-state index contributed by atoms with van der Waals surface area (Å²) in [6.45, 7) is 7.80. The molecule has 0 atom stereocenters. The van der Waals surface area contributed by atoms with Gasteiger partial charge in [-0.25, -0.2) is 4.79 Å². The Hall–Kier alpha value is -1.88. The van der Waals surface area contributed by atoms with Crippen molar-refractivity contribution in [2.75, 3.05) is 11.9 Å². The zero-order valence-electron chi connectivity index (χ0n) is 11.7. The summed E-state index contributed by atoms with van der Waals surface area (Å²) in [4.78, 5) is 22.9. The van der Waals surface area contributed by atoms with Gasteiger partial charge in [-0.1, -0.05) is 11.6 Å². The summed E-state index contributed by atoms with van der Waals surface area (Å²) >= 11 is 0. The maximum absolute atomic E-state index is 11.8. The number of carbonyl (C=O) groups is 2. The van der Waals surface area contributed by atoms with Gasteiger partial charge in [-0.2, -0.15) is 0 Å². The number of hydrogen-bond acceptors (Lipinski definition) is 3. The molecule has 104 valence electrons. The zero-order chi connectivity index (χ0) is 14.6. The van der Waals surface area contributed by atoms with Crippen molar-refractivity contribution in [2.24, 2.45) is 0 Å². The van der Waals surface area contributed by atoms with Gasteiger partial charge in [0.15, 0.2) is 0 Å². The molecule has 0 aliphatic rings. The summed E-state index contributed by atoms with van der Waals surface area (Å²) in [5.74, 6) is -1.32. The quantitative estimate of drug-likeness (QED) is 0.777. The first-order valence-electron chi connectivity index (χ1n) is 6.08. The van der Waals surface area contributed by atoms with Crippen LogP contribution in [0.5, 0.6) is 0 Å². The Morgan fingerprint density at radius 3 is 2.42 bits per heavy atom. The Morgan fingerprint density at radius 2 is 1.89 bits per heavy atom. The fraction of sp³-hybridized carbons (Fsp3) is 0.429. The first kappa shape index (κ1) is 15.2. The van der Waals surface area contributed by atoms with E-state index >= 15 is 0 Å². The molecule has 0 saturated carbocycles. The SMILES string of the molecule is Cc1ccc(NC(=O)CNC(C)(C)C)c(C(=O)O)c1. The van der Waals surface area contributed by atoms with Crippen LogP contribution in [-0.4, -0.2) is 29.1 Å². The van der Waals surface area contributed by atoms with Crippen molar-refractivity contribution < 1.29 is 14.7 Å². The summed E-state index contributed by atoms with van der Waals surface area (Å²) in [6, 6.07) is 4.90. The molecule has 0 saturated heterocycles. The van der Waals surface area contributed by atoms with Crippen molar-refractivity contribution in [1.29, 1.82) is 0 Å². The smallest absolute Gasteiger partial charge is 0.337 e. The second-order valence-electron chi connectivity index (χ2n) is 5.51. The van der Waals surface area contributed by atoms with E-state index in [4.69, 9.17) is 5.11 Å². The number of aryl methyl sites for hydroxylation is 1. The van der Waals surface area contributed by atoms with E-state index in [1.807, 2.05) is 20.8 Å². The predicted octanol–water partition coefficient (Wildman–Crippen LogP) is 2.02. The van der Waals surface area contributed by atoms with Gasteiger partial charge in [0.2, 0.25) is 5.91 Å². The topological polar surface area (TPSA) is 78.4 Å². The maximum Gasteiger partial charge on any atom is 0.337 e. The molecule has 5 heteroatoms. The molecule has 3 N–H and O–H groups in total. The maximum atomic E-state index is 11.8. The Morgan fingerprint density at radius 1 is 1.26 bits per heavy atom. The van der Waals surface area contributed by atoms with Gasteiger partial charge in [-0.3, -0.25) is 4.79 Å². The lowest BCUT2D eigenvalue weighted by Gasteiger charge is -2.20. The number of hydrogen-bond donors (Lipinski definition) is 3. The molecule has 19 heavy (non-hydrogen) atoms. The van der Waals surface area contributed by atoms with E-state index in [0.29, 0.717) is 5.69 Å². The van der Waals surface area contributed by atoms with Gasteiger partial charge in [-0.15, -0.1) is 0 Å². The van der Waals surface area contributed by atoms with E-state index in [1.165, 1.54) is 6.07 Å². The van der Waals surface area contributed by atoms with Crippen LogP contribution in [0.2, 0.25) is 0 Å². The number of carboxylic acid groups (broad SMARTS) is 1. The molecule has 0 unspecified atom stereocenters. The lowest BCUT2D eigenvalue weighted by atomic mass is 10.1. The molecule has 1 rings (SSSR count). The molecule has 0 aliphatic carbocycles. The summed E-state index contributed by atoms with van der Waals surface area (Å²) in [5.41, 5.74) is 1.09. The van der Waals surface area contributed by atoms with Crippen LogP contribution in [0.15, 0.2) is 18.2 Å². The van der Waals surface area contributed by atoms with Crippen LogP contribution in [0.1, 0.15) is 36.7 Å². The van der Waals surface area contributed by atoms with Crippen LogP contribution in [0, 0.1) is 6.92 Å². The molecule has 1 aromatic carbocycles. The fourth-order valence-electron chi connectivity index (χ4n) is 1.48. The molecule has 1 amide bonds. The zero-order valence-corrected chi connectivity index (χ0v) is 11.7. The number of carbonyl (C=O) groups excluding carboxylic acids is 1. The third kappa shape index (κ3) is 5.09. The van der Waals surface area contributed by atoms with E-state index in [0.717, 1.165) is 5.56 Å². The van der Waals surface area contributed by atoms with E-state index in [9.17, 15) is 9.59 Å². The normalized spacial score (nSPS) is 11.2. The summed E-state index contributed by atoms with van der Waals surface area (Å²) in [7, 11) is 0. The standard InChI is InChI=1S/C14H20N2O3/c1-9-5-6-11(10(7-9)13(18)19)16-12(17)8-15-14(2,3)4/h5-7,15H,8H2,1-4H3,(H,16,17)(H,18,19). The Balaban J connectivity index is 2.77. The number of anilines is 1. The predicted molar refractivity (Wildman–Crippen MR) is 74.5 cm³/mol. The van der Waals surface area contributed by atoms with Crippen LogP contribution < -0.4 is 10.6 Å². The number of aromatic carboxylic acids is 1. The third-order valence-electron chi connectivity index (χ3n) is 2.46. The summed E-state index contributed by atoms with van der Waals surface area (Å²) in [5, 5.41) is 14.7. The molecule has 0 bridgehead atoms. The highest BCUT2D eigenvalue weighted by molar-refractivity contribution is 6.01.